The molecule has 0 spiro atoms. The van der Waals surface area contributed by atoms with Gasteiger partial charge in [-0.25, -0.2) is 8.78 Å². The molecule has 3 N–H and O–H groups in total. The van der Waals surface area contributed by atoms with Gasteiger partial charge in [-0.05, 0) is 45.6 Å². The van der Waals surface area contributed by atoms with Crippen LogP contribution in [0.25, 0.3) is 0 Å². The van der Waals surface area contributed by atoms with E-state index in [-0.39, 0.29) is 16.2 Å². The minimum absolute atomic E-state index is 0.0642. The third-order valence-corrected chi connectivity index (χ3v) is 2.92. The summed E-state index contributed by atoms with van der Waals surface area (Å²) >= 11 is 4.64. The fraction of sp³-hybridized carbons (Fsp3) is 0.462. The molecule has 0 aliphatic rings. The van der Waals surface area contributed by atoms with Crippen molar-refractivity contribution in [1.29, 1.82) is 0 Å². The Labute approximate surface area is 117 Å². The Bertz CT molecular complexity index is 450. The Hall–Kier alpha value is -1.27. The Morgan fingerprint density at radius 1 is 1.26 bits per heavy atom. The van der Waals surface area contributed by atoms with Gasteiger partial charge in [0.05, 0.1) is 5.69 Å². The lowest BCUT2D eigenvalue weighted by atomic mass is 10.1. The maximum atomic E-state index is 13.7. The van der Waals surface area contributed by atoms with Crippen molar-refractivity contribution < 1.29 is 8.78 Å². The number of nitrogens with one attached hydrogen (secondary N) is 1. The molecule has 0 bridgehead atoms. The Balaban J connectivity index is 2.56. The predicted octanol–water partition coefficient (Wildman–Crippen LogP) is 2.35. The zero-order valence-corrected chi connectivity index (χ0v) is 12.0. The lowest BCUT2D eigenvalue weighted by Crippen LogP contribution is -2.15. The van der Waals surface area contributed by atoms with Crippen LogP contribution in [0.2, 0.25) is 0 Å². The minimum Gasteiger partial charge on any atom is -0.389 e. The van der Waals surface area contributed by atoms with Crippen LogP contribution in [0.1, 0.15) is 18.4 Å². The van der Waals surface area contributed by atoms with E-state index in [0.29, 0.717) is 6.54 Å². The van der Waals surface area contributed by atoms with Crippen LogP contribution in [0.5, 0.6) is 0 Å². The highest BCUT2D eigenvalue weighted by Gasteiger charge is 2.14. The predicted molar refractivity (Wildman–Crippen MR) is 78.5 cm³/mol. The van der Waals surface area contributed by atoms with Gasteiger partial charge < -0.3 is 16.0 Å². The van der Waals surface area contributed by atoms with Crippen LogP contribution in [0.4, 0.5) is 14.5 Å². The number of hydrogen-bond acceptors (Lipinski definition) is 3. The molecule has 0 saturated carbocycles. The SMILES string of the molecule is CN(C)CCCCNc1ccc(C(N)=S)c(F)c1F. The maximum Gasteiger partial charge on any atom is 0.182 e. The van der Waals surface area contributed by atoms with Gasteiger partial charge in [-0.1, -0.05) is 12.2 Å². The number of hydrogen-bond donors (Lipinski definition) is 2. The second-order valence-electron chi connectivity index (χ2n) is 4.59. The summed E-state index contributed by atoms with van der Waals surface area (Å²) in [6, 6.07) is 2.85. The molecule has 1 rings (SSSR count). The van der Waals surface area contributed by atoms with Crippen LogP contribution in [-0.4, -0.2) is 37.1 Å². The summed E-state index contributed by atoms with van der Waals surface area (Å²) in [6.07, 6.45) is 1.88. The van der Waals surface area contributed by atoms with Crippen molar-refractivity contribution in [2.75, 3.05) is 32.5 Å². The second kappa shape index (κ2) is 7.35. The van der Waals surface area contributed by atoms with Crippen molar-refractivity contribution in [3.8, 4) is 0 Å². The molecule has 0 heterocycles. The van der Waals surface area contributed by atoms with Crippen molar-refractivity contribution in [1.82, 2.24) is 4.90 Å². The summed E-state index contributed by atoms with van der Waals surface area (Å²) in [5.74, 6) is -1.93. The molecular weight excluding hydrogens is 268 g/mol. The average molecular weight is 287 g/mol. The summed E-state index contributed by atoms with van der Waals surface area (Å²) < 4.78 is 27.3. The van der Waals surface area contributed by atoms with Gasteiger partial charge >= 0.3 is 0 Å². The molecule has 0 aliphatic carbocycles. The van der Waals surface area contributed by atoms with Gasteiger partial charge in [0, 0.05) is 12.1 Å². The number of unbranched alkanes of at least 4 members (excludes halogenated alkanes) is 1. The molecule has 0 saturated heterocycles. The van der Waals surface area contributed by atoms with Crippen LogP contribution < -0.4 is 11.1 Å². The van der Waals surface area contributed by atoms with Gasteiger partial charge in [0.15, 0.2) is 11.6 Å². The molecule has 0 amide bonds. The topological polar surface area (TPSA) is 41.3 Å². The van der Waals surface area contributed by atoms with Gasteiger partial charge in [-0.2, -0.15) is 0 Å². The van der Waals surface area contributed by atoms with E-state index in [1.54, 1.807) is 0 Å². The molecule has 1 aromatic carbocycles. The highest BCUT2D eigenvalue weighted by atomic mass is 32.1. The van der Waals surface area contributed by atoms with Gasteiger partial charge in [-0.3, -0.25) is 0 Å². The summed E-state index contributed by atoms with van der Waals surface area (Å²) in [6.45, 7) is 1.57. The fourth-order valence-electron chi connectivity index (χ4n) is 1.65. The largest absolute Gasteiger partial charge is 0.389 e. The molecule has 0 aromatic heterocycles. The number of halogens is 2. The van der Waals surface area contributed by atoms with Gasteiger partial charge in [-0.15, -0.1) is 0 Å². The van der Waals surface area contributed by atoms with Crippen molar-refractivity contribution >= 4 is 22.9 Å². The molecule has 106 valence electrons. The molecule has 3 nitrogen and oxygen atoms in total. The zero-order chi connectivity index (χ0) is 14.4. The Kier molecular flexibility index (Phi) is 6.11. The normalized spacial score (nSPS) is 10.8. The van der Waals surface area contributed by atoms with Crippen molar-refractivity contribution in [2.45, 2.75) is 12.8 Å². The number of thiocarbonyl (C=S) groups is 1. The first-order valence-electron chi connectivity index (χ1n) is 6.10. The molecule has 0 radical (unpaired) electrons. The summed E-state index contributed by atoms with van der Waals surface area (Å²) in [4.78, 5) is 1.94. The van der Waals surface area contributed by atoms with E-state index >= 15 is 0 Å². The first-order chi connectivity index (χ1) is 8.93. The average Bonchev–Trinajstić information content (AvgIpc) is 2.33. The van der Waals surface area contributed by atoms with E-state index in [4.69, 9.17) is 5.73 Å². The number of rotatable bonds is 7. The number of nitrogens with two attached hydrogens (primary N) is 1. The van der Waals surface area contributed by atoms with Crippen LogP contribution in [-0.2, 0) is 0 Å². The Morgan fingerprint density at radius 3 is 2.53 bits per heavy atom. The molecule has 0 unspecified atom stereocenters. The number of benzene rings is 1. The summed E-state index contributed by atoms with van der Waals surface area (Å²) in [5.41, 5.74) is 5.38. The van der Waals surface area contributed by atoms with E-state index in [0.717, 1.165) is 19.4 Å². The lowest BCUT2D eigenvalue weighted by molar-refractivity contribution is 0.396. The van der Waals surface area contributed by atoms with Crippen molar-refractivity contribution in [2.24, 2.45) is 5.73 Å². The fourth-order valence-corrected chi connectivity index (χ4v) is 1.81. The third kappa shape index (κ3) is 4.72. The third-order valence-electron chi connectivity index (χ3n) is 2.70. The van der Waals surface area contributed by atoms with Gasteiger partial charge in [0.25, 0.3) is 0 Å². The monoisotopic (exact) mass is 287 g/mol. The molecule has 1 aromatic rings. The van der Waals surface area contributed by atoms with Gasteiger partial charge in [0.2, 0.25) is 0 Å². The molecule has 0 aliphatic heterocycles. The standard InChI is InChI=1S/C13H19F2N3S/c1-18(2)8-4-3-7-17-10-6-5-9(13(16)19)11(14)12(10)15/h5-6,17H,3-4,7-8H2,1-2H3,(H2,16,19). The van der Waals surface area contributed by atoms with Crippen molar-refractivity contribution in [3.05, 3.63) is 29.3 Å². The van der Waals surface area contributed by atoms with Crippen LogP contribution in [0, 0.1) is 11.6 Å². The van der Waals surface area contributed by atoms with E-state index in [9.17, 15) is 8.78 Å². The maximum absolute atomic E-state index is 13.7. The first kappa shape index (κ1) is 15.8. The van der Waals surface area contributed by atoms with E-state index in [1.165, 1.54) is 12.1 Å². The molecular formula is C13H19F2N3S. The van der Waals surface area contributed by atoms with Crippen LogP contribution in [0.15, 0.2) is 12.1 Å². The van der Waals surface area contributed by atoms with E-state index in [2.05, 4.69) is 22.4 Å². The quantitative estimate of drug-likeness (QED) is 0.597. The molecule has 6 heteroatoms. The summed E-state index contributed by atoms with van der Waals surface area (Å²) in [5, 5.41) is 2.88. The van der Waals surface area contributed by atoms with Crippen LogP contribution in [0.3, 0.4) is 0 Å². The van der Waals surface area contributed by atoms with E-state index in [1.807, 2.05) is 14.1 Å². The lowest BCUT2D eigenvalue weighted by Gasteiger charge is -2.11. The van der Waals surface area contributed by atoms with Crippen molar-refractivity contribution in [3.63, 3.8) is 0 Å². The first-order valence-corrected chi connectivity index (χ1v) is 6.50. The zero-order valence-electron chi connectivity index (χ0n) is 11.2. The highest BCUT2D eigenvalue weighted by Crippen LogP contribution is 2.20. The number of anilines is 1. The molecule has 0 atom stereocenters. The molecule has 0 fully saturated rings. The van der Waals surface area contributed by atoms with Crippen LogP contribution >= 0.6 is 12.2 Å². The Morgan fingerprint density at radius 2 is 1.95 bits per heavy atom. The minimum atomic E-state index is -0.995. The molecule has 19 heavy (non-hydrogen) atoms. The van der Waals surface area contributed by atoms with Gasteiger partial charge in [0.1, 0.15) is 4.99 Å². The smallest absolute Gasteiger partial charge is 0.182 e. The van der Waals surface area contributed by atoms with E-state index < -0.39 is 11.6 Å². The summed E-state index contributed by atoms with van der Waals surface area (Å²) in [7, 11) is 3.99. The highest BCUT2D eigenvalue weighted by molar-refractivity contribution is 7.80. The second-order valence-corrected chi connectivity index (χ2v) is 5.03. The number of nitrogens with zero attached hydrogens (tertiary/aromatic N) is 1.